The monoisotopic (exact) mass is 180 g/mol. The first-order valence-corrected chi connectivity index (χ1v) is 2.28. The zero-order valence-electron chi connectivity index (χ0n) is 4.28. The number of carbonyl (C=O) groups is 1. The number of esters is 1. The molecule has 0 bridgehead atoms. The molecular formula is C3HClF4O2. The van der Waals surface area contributed by atoms with Crippen molar-refractivity contribution < 1.29 is 27.1 Å². The highest BCUT2D eigenvalue weighted by Gasteiger charge is 2.39. The van der Waals surface area contributed by atoms with E-state index in [0.717, 1.165) is 0 Å². The van der Waals surface area contributed by atoms with Gasteiger partial charge in [-0.05, 0) is 11.6 Å². The quantitative estimate of drug-likeness (QED) is 0.366. The second-order valence-electron chi connectivity index (χ2n) is 1.16. The lowest BCUT2D eigenvalue weighted by molar-refractivity contribution is -0.192. The van der Waals surface area contributed by atoms with Crippen LogP contribution in [0.3, 0.4) is 0 Å². The molecule has 0 amide bonds. The van der Waals surface area contributed by atoms with Crippen molar-refractivity contribution >= 4 is 17.6 Å². The average Bonchev–Trinajstić information content (AvgIpc) is 1.60. The molecule has 0 aliphatic carbocycles. The van der Waals surface area contributed by atoms with E-state index < -0.39 is 18.0 Å². The van der Waals surface area contributed by atoms with Crippen LogP contribution in [0.25, 0.3) is 0 Å². The Morgan fingerprint density at radius 1 is 1.50 bits per heavy atom. The number of alkyl halides is 5. The van der Waals surface area contributed by atoms with Gasteiger partial charge in [-0.1, -0.05) is 0 Å². The van der Waals surface area contributed by atoms with Gasteiger partial charge in [-0.3, -0.25) is 0 Å². The van der Waals surface area contributed by atoms with Gasteiger partial charge in [0.1, 0.15) is 0 Å². The lowest BCUT2D eigenvalue weighted by Gasteiger charge is -2.05. The molecule has 2 nitrogen and oxygen atoms in total. The molecule has 0 aromatic heterocycles. The zero-order chi connectivity index (χ0) is 8.36. The van der Waals surface area contributed by atoms with Crippen LogP contribution < -0.4 is 0 Å². The molecule has 10 heavy (non-hydrogen) atoms. The average molecular weight is 180 g/mol. The van der Waals surface area contributed by atoms with Crippen molar-refractivity contribution in [3.63, 3.8) is 0 Å². The van der Waals surface area contributed by atoms with Crippen LogP contribution in [-0.2, 0) is 9.53 Å². The predicted molar refractivity (Wildman–Crippen MR) is 22.9 cm³/mol. The Bertz CT molecular complexity index is 131. The van der Waals surface area contributed by atoms with Crippen molar-refractivity contribution in [2.75, 3.05) is 0 Å². The highest BCUT2D eigenvalue weighted by atomic mass is 35.5. The van der Waals surface area contributed by atoms with Crippen LogP contribution in [0.1, 0.15) is 0 Å². The standard InChI is InChI=1S/C3HClF4O2/c4-3(7,8)1(9)10-2(5)6/h2H. The summed E-state index contributed by atoms with van der Waals surface area (Å²) in [5, 5.41) is -4.38. The molecule has 0 N–H and O–H groups in total. The van der Waals surface area contributed by atoms with E-state index in [1.165, 1.54) is 0 Å². The smallest absolute Gasteiger partial charge is 0.398 e. The molecule has 0 aromatic rings. The Kier molecular flexibility index (Phi) is 2.89. The van der Waals surface area contributed by atoms with Gasteiger partial charge in [0, 0.05) is 0 Å². The third kappa shape index (κ3) is 3.49. The highest BCUT2D eigenvalue weighted by Crippen LogP contribution is 2.21. The lowest BCUT2D eigenvalue weighted by Crippen LogP contribution is -2.26. The van der Waals surface area contributed by atoms with Gasteiger partial charge in [0.15, 0.2) is 0 Å². The molecule has 0 spiro atoms. The summed E-state index contributed by atoms with van der Waals surface area (Å²) in [5.74, 6) is -2.45. The Morgan fingerprint density at radius 3 is 2.00 bits per heavy atom. The zero-order valence-corrected chi connectivity index (χ0v) is 5.04. The Hall–Kier alpha value is -0.520. The normalized spacial score (nSPS) is 11.8. The molecular weight excluding hydrogens is 179 g/mol. The van der Waals surface area contributed by atoms with Crippen molar-refractivity contribution in [3.8, 4) is 0 Å². The van der Waals surface area contributed by atoms with Crippen molar-refractivity contribution in [3.05, 3.63) is 0 Å². The number of hydrogen-bond donors (Lipinski definition) is 0. The van der Waals surface area contributed by atoms with Crippen LogP contribution in [0, 0.1) is 0 Å². The molecule has 0 aliphatic rings. The van der Waals surface area contributed by atoms with Gasteiger partial charge < -0.3 is 4.74 Å². The number of carbonyl (C=O) groups excluding carboxylic acids is 1. The first-order valence-electron chi connectivity index (χ1n) is 1.90. The summed E-state index contributed by atoms with van der Waals surface area (Å²) in [6.45, 7) is -3.57. The molecule has 0 fully saturated rings. The van der Waals surface area contributed by atoms with E-state index in [2.05, 4.69) is 16.3 Å². The third-order valence-corrected chi connectivity index (χ3v) is 0.582. The molecule has 7 heteroatoms. The van der Waals surface area contributed by atoms with Gasteiger partial charge in [-0.15, -0.1) is 0 Å². The van der Waals surface area contributed by atoms with Crippen molar-refractivity contribution in [2.24, 2.45) is 0 Å². The molecule has 0 rings (SSSR count). The summed E-state index contributed by atoms with van der Waals surface area (Å²) in [4.78, 5) is 9.69. The maximum Gasteiger partial charge on any atom is 0.418 e. The fourth-order valence-electron chi connectivity index (χ4n) is 0.148. The maximum atomic E-state index is 11.4. The molecule has 0 saturated carbocycles. The van der Waals surface area contributed by atoms with E-state index in [-0.39, 0.29) is 0 Å². The van der Waals surface area contributed by atoms with Crippen LogP contribution >= 0.6 is 11.6 Å². The van der Waals surface area contributed by atoms with Crippen LogP contribution in [0.4, 0.5) is 17.6 Å². The Labute approximate surface area is 57.7 Å². The van der Waals surface area contributed by atoms with E-state index in [4.69, 9.17) is 0 Å². The molecule has 0 unspecified atom stereocenters. The number of halogens is 5. The summed E-state index contributed by atoms with van der Waals surface area (Å²) in [6, 6.07) is 0. The van der Waals surface area contributed by atoms with Gasteiger partial charge in [-0.2, -0.15) is 17.6 Å². The van der Waals surface area contributed by atoms with Gasteiger partial charge in [0.05, 0.1) is 0 Å². The van der Waals surface area contributed by atoms with Gasteiger partial charge in [-0.25, -0.2) is 4.79 Å². The largest absolute Gasteiger partial charge is 0.418 e. The number of ether oxygens (including phenoxy) is 1. The SMILES string of the molecule is O=C(OC(F)F)C(F)(F)Cl. The number of rotatable bonds is 2. The molecule has 0 heterocycles. The van der Waals surface area contributed by atoms with Crippen molar-refractivity contribution in [1.82, 2.24) is 0 Å². The maximum absolute atomic E-state index is 11.4. The summed E-state index contributed by atoms with van der Waals surface area (Å²) in [6.07, 6.45) is 0. The van der Waals surface area contributed by atoms with E-state index in [1.54, 1.807) is 0 Å². The second kappa shape index (κ2) is 3.05. The molecule has 0 atom stereocenters. The van der Waals surface area contributed by atoms with Crippen LogP contribution in [-0.4, -0.2) is 18.0 Å². The molecule has 0 aliphatic heterocycles. The minimum absolute atomic E-state index is 2.45. The molecule has 0 aromatic carbocycles. The summed E-state index contributed by atoms with van der Waals surface area (Å²) in [5.41, 5.74) is 0. The fraction of sp³-hybridized carbons (Fsp3) is 0.667. The topological polar surface area (TPSA) is 26.3 Å². The Balaban J connectivity index is 3.87. The first kappa shape index (κ1) is 9.48. The molecule has 60 valence electrons. The summed E-state index contributed by atoms with van der Waals surface area (Å²) < 4.78 is 47.6. The van der Waals surface area contributed by atoms with E-state index in [9.17, 15) is 22.4 Å². The van der Waals surface area contributed by atoms with E-state index in [0.29, 0.717) is 0 Å². The third-order valence-electron chi connectivity index (χ3n) is 0.428. The van der Waals surface area contributed by atoms with Gasteiger partial charge >= 0.3 is 18.0 Å². The highest BCUT2D eigenvalue weighted by molar-refractivity contribution is 6.31. The molecule has 0 saturated heterocycles. The second-order valence-corrected chi connectivity index (χ2v) is 1.64. The van der Waals surface area contributed by atoms with Crippen LogP contribution in [0.2, 0.25) is 0 Å². The van der Waals surface area contributed by atoms with E-state index in [1.807, 2.05) is 0 Å². The number of hydrogen-bond acceptors (Lipinski definition) is 2. The molecule has 0 radical (unpaired) electrons. The van der Waals surface area contributed by atoms with E-state index >= 15 is 0 Å². The first-order chi connectivity index (χ1) is 4.34. The van der Waals surface area contributed by atoms with Crippen molar-refractivity contribution in [2.45, 2.75) is 12.0 Å². The Morgan fingerprint density at radius 2 is 1.90 bits per heavy atom. The summed E-state index contributed by atoms with van der Waals surface area (Å²) >= 11 is 3.99. The van der Waals surface area contributed by atoms with Gasteiger partial charge in [0.25, 0.3) is 0 Å². The van der Waals surface area contributed by atoms with Crippen LogP contribution in [0.5, 0.6) is 0 Å². The van der Waals surface area contributed by atoms with Crippen LogP contribution in [0.15, 0.2) is 0 Å². The van der Waals surface area contributed by atoms with Gasteiger partial charge in [0.2, 0.25) is 0 Å². The predicted octanol–water partition coefficient (Wildman–Crippen LogP) is 1.58. The van der Waals surface area contributed by atoms with Crippen molar-refractivity contribution in [1.29, 1.82) is 0 Å². The summed E-state index contributed by atoms with van der Waals surface area (Å²) in [7, 11) is 0. The lowest BCUT2D eigenvalue weighted by atomic mass is 10.7. The fourth-order valence-corrected chi connectivity index (χ4v) is 0.192. The minimum atomic E-state index is -4.38. The minimum Gasteiger partial charge on any atom is -0.398 e.